The second-order valence-corrected chi connectivity index (χ2v) is 14.9. The van der Waals surface area contributed by atoms with Gasteiger partial charge in [-0.1, -0.05) is 152 Å². The molecule has 0 amide bonds. The van der Waals surface area contributed by atoms with Crippen LogP contribution >= 0.6 is 0 Å². The van der Waals surface area contributed by atoms with Crippen molar-refractivity contribution in [2.24, 2.45) is 0 Å². The molecule has 0 unspecified atom stereocenters. The Labute approximate surface area is 328 Å². The highest BCUT2D eigenvalue weighted by Crippen LogP contribution is 2.43. The van der Waals surface area contributed by atoms with E-state index in [9.17, 15) is 0 Å². The first-order valence-electron chi connectivity index (χ1n) is 19.5. The third kappa shape index (κ3) is 4.92. The molecule has 266 valence electrons. The van der Waals surface area contributed by atoms with Crippen LogP contribution in [0, 0.1) is 0 Å². The molecule has 0 aliphatic carbocycles. The summed E-state index contributed by atoms with van der Waals surface area (Å²) in [5, 5.41) is 7.14. The van der Waals surface area contributed by atoms with Crippen molar-refractivity contribution in [1.29, 1.82) is 0 Å². The van der Waals surface area contributed by atoms with E-state index in [4.69, 9.17) is 4.42 Å². The number of rotatable bonds is 5. The summed E-state index contributed by atoms with van der Waals surface area (Å²) in [6.07, 6.45) is 0. The molecule has 3 aromatic heterocycles. The van der Waals surface area contributed by atoms with Gasteiger partial charge in [-0.3, -0.25) is 0 Å². The molecule has 0 aliphatic rings. The smallest absolute Gasteiger partial charge is 0.138 e. The number of para-hydroxylation sites is 3. The van der Waals surface area contributed by atoms with E-state index in [1.165, 1.54) is 49.3 Å². The monoisotopic (exact) mass is 726 g/mol. The molecular formula is C54H34N2O. The third-order valence-electron chi connectivity index (χ3n) is 11.7. The Bertz CT molecular complexity index is 3510. The zero-order chi connectivity index (χ0) is 37.5. The number of furan rings is 1. The molecule has 0 spiro atoms. The summed E-state index contributed by atoms with van der Waals surface area (Å²) in [6, 6.07) is 74.5. The molecule has 12 aromatic rings. The highest BCUT2D eigenvalue weighted by molar-refractivity contribution is 6.16. The summed E-state index contributed by atoms with van der Waals surface area (Å²) in [5.74, 6) is 0. The summed E-state index contributed by atoms with van der Waals surface area (Å²) >= 11 is 0. The number of hydrogen-bond donors (Lipinski definition) is 0. The normalized spacial score (nSPS) is 11.9. The lowest BCUT2D eigenvalue weighted by Gasteiger charge is -2.13. The van der Waals surface area contributed by atoms with Gasteiger partial charge in [0.05, 0.1) is 33.1 Å². The molecule has 3 nitrogen and oxygen atoms in total. The minimum Gasteiger partial charge on any atom is -0.456 e. The van der Waals surface area contributed by atoms with Crippen LogP contribution in [-0.2, 0) is 0 Å². The van der Waals surface area contributed by atoms with Crippen molar-refractivity contribution in [2.45, 2.75) is 0 Å². The van der Waals surface area contributed by atoms with E-state index in [1.54, 1.807) is 0 Å². The molecule has 0 aliphatic heterocycles. The van der Waals surface area contributed by atoms with Gasteiger partial charge in [-0.25, -0.2) is 0 Å². The van der Waals surface area contributed by atoms with Crippen LogP contribution in [0.15, 0.2) is 211 Å². The molecule has 0 atom stereocenters. The number of nitrogens with zero attached hydrogens (tertiary/aromatic N) is 2. The van der Waals surface area contributed by atoms with Gasteiger partial charge in [0.25, 0.3) is 0 Å². The third-order valence-corrected chi connectivity index (χ3v) is 11.7. The van der Waals surface area contributed by atoms with E-state index in [1.807, 2.05) is 6.07 Å². The van der Waals surface area contributed by atoms with Gasteiger partial charge in [0.15, 0.2) is 0 Å². The predicted octanol–water partition coefficient (Wildman–Crippen LogP) is 14.8. The van der Waals surface area contributed by atoms with Gasteiger partial charge in [0, 0.05) is 32.6 Å². The SMILES string of the molecule is c1ccc(-c2cccc(-n3c4ccccc4c4ccc(-c5ccc6c7ccccc7n(-c7cc(-c8ccccc8)cc8oc9ccccc9c78)c6c5)cc43)c2)cc1. The van der Waals surface area contributed by atoms with E-state index in [0.717, 1.165) is 61.0 Å². The fourth-order valence-corrected chi connectivity index (χ4v) is 9.10. The van der Waals surface area contributed by atoms with Crippen molar-refractivity contribution in [3.05, 3.63) is 206 Å². The Balaban J connectivity index is 1.11. The van der Waals surface area contributed by atoms with Gasteiger partial charge in [-0.05, 0) is 88.0 Å². The van der Waals surface area contributed by atoms with Crippen LogP contribution in [0.1, 0.15) is 0 Å². The van der Waals surface area contributed by atoms with Crippen LogP contribution < -0.4 is 0 Å². The average Bonchev–Trinajstić information content (AvgIpc) is 3.94. The van der Waals surface area contributed by atoms with E-state index < -0.39 is 0 Å². The molecule has 0 saturated heterocycles. The summed E-state index contributed by atoms with van der Waals surface area (Å²) in [6.45, 7) is 0. The maximum absolute atomic E-state index is 6.60. The van der Waals surface area contributed by atoms with Crippen molar-refractivity contribution in [1.82, 2.24) is 9.13 Å². The fraction of sp³-hybridized carbons (Fsp3) is 0. The minimum absolute atomic E-state index is 0.879. The lowest BCUT2D eigenvalue weighted by molar-refractivity contribution is 0.669. The van der Waals surface area contributed by atoms with Crippen LogP contribution in [-0.4, -0.2) is 9.13 Å². The maximum atomic E-state index is 6.60. The van der Waals surface area contributed by atoms with Crippen molar-refractivity contribution >= 4 is 65.6 Å². The van der Waals surface area contributed by atoms with Crippen LogP contribution in [0.3, 0.4) is 0 Å². The van der Waals surface area contributed by atoms with Gasteiger partial charge in [0.2, 0.25) is 0 Å². The first kappa shape index (κ1) is 31.7. The minimum atomic E-state index is 0.879. The molecule has 3 heteroatoms. The van der Waals surface area contributed by atoms with Crippen molar-refractivity contribution < 1.29 is 4.42 Å². The quantitative estimate of drug-likeness (QED) is 0.173. The summed E-state index contributed by atoms with van der Waals surface area (Å²) < 4.78 is 11.5. The Hall–Kier alpha value is -7.62. The van der Waals surface area contributed by atoms with E-state index in [-0.39, 0.29) is 0 Å². The van der Waals surface area contributed by atoms with Gasteiger partial charge in [0.1, 0.15) is 11.2 Å². The Morgan fingerprint density at radius 3 is 1.47 bits per heavy atom. The first-order valence-corrected chi connectivity index (χ1v) is 19.5. The number of aromatic nitrogens is 2. The van der Waals surface area contributed by atoms with Crippen LogP contribution in [0.4, 0.5) is 0 Å². The Kier molecular flexibility index (Phi) is 6.93. The Morgan fingerprint density at radius 2 is 0.789 bits per heavy atom. The maximum Gasteiger partial charge on any atom is 0.138 e. The fourth-order valence-electron chi connectivity index (χ4n) is 9.10. The Morgan fingerprint density at radius 1 is 0.281 bits per heavy atom. The predicted molar refractivity (Wildman–Crippen MR) is 239 cm³/mol. The second kappa shape index (κ2) is 12.5. The highest BCUT2D eigenvalue weighted by atomic mass is 16.3. The molecular weight excluding hydrogens is 693 g/mol. The molecule has 0 saturated carbocycles. The van der Waals surface area contributed by atoms with Crippen molar-refractivity contribution in [2.75, 3.05) is 0 Å². The van der Waals surface area contributed by atoms with Gasteiger partial charge >= 0.3 is 0 Å². The zero-order valence-corrected chi connectivity index (χ0v) is 30.9. The molecule has 3 heterocycles. The van der Waals surface area contributed by atoms with Gasteiger partial charge in [-0.15, -0.1) is 0 Å². The molecule has 0 fully saturated rings. The lowest BCUT2D eigenvalue weighted by atomic mass is 10.0. The zero-order valence-electron chi connectivity index (χ0n) is 30.9. The lowest BCUT2D eigenvalue weighted by Crippen LogP contribution is -1.96. The van der Waals surface area contributed by atoms with Crippen LogP contribution in [0.2, 0.25) is 0 Å². The number of fused-ring (bicyclic) bond motifs is 9. The molecule has 57 heavy (non-hydrogen) atoms. The summed E-state index contributed by atoms with van der Waals surface area (Å²) in [5.41, 5.74) is 15.7. The van der Waals surface area contributed by atoms with E-state index in [0.29, 0.717) is 0 Å². The topological polar surface area (TPSA) is 23.0 Å². The molecule has 12 rings (SSSR count). The van der Waals surface area contributed by atoms with Crippen molar-refractivity contribution in [3.8, 4) is 44.8 Å². The highest BCUT2D eigenvalue weighted by Gasteiger charge is 2.21. The largest absolute Gasteiger partial charge is 0.456 e. The van der Waals surface area contributed by atoms with Gasteiger partial charge < -0.3 is 13.6 Å². The standard InChI is InChI=1S/C54H34N2O/c1-3-14-35(15-4-1)37-18-13-19-41(30-37)55-47-23-10-7-20-42(47)44-28-26-38(31-49(44)55)39-27-29-45-43-21-8-11-24-48(43)56(50(45)32-39)51-33-40(36-16-5-2-6-17-36)34-53-54(51)46-22-9-12-25-52(46)57-53/h1-34H. The molecule has 0 bridgehead atoms. The molecule has 0 N–H and O–H groups in total. The average molecular weight is 727 g/mol. The van der Waals surface area contributed by atoms with E-state index >= 15 is 0 Å². The second-order valence-electron chi connectivity index (χ2n) is 14.9. The first-order chi connectivity index (χ1) is 28.3. The van der Waals surface area contributed by atoms with Crippen LogP contribution in [0.25, 0.3) is 110 Å². The van der Waals surface area contributed by atoms with Crippen LogP contribution in [0.5, 0.6) is 0 Å². The molecule has 0 radical (unpaired) electrons. The van der Waals surface area contributed by atoms with Crippen molar-refractivity contribution in [3.63, 3.8) is 0 Å². The summed E-state index contributed by atoms with van der Waals surface area (Å²) in [7, 11) is 0. The van der Waals surface area contributed by atoms with E-state index in [2.05, 4.69) is 209 Å². The van der Waals surface area contributed by atoms with Gasteiger partial charge in [-0.2, -0.15) is 0 Å². The number of hydrogen-bond acceptors (Lipinski definition) is 1. The molecule has 9 aromatic carbocycles. The summed E-state index contributed by atoms with van der Waals surface area (Å²) in [4.78, 5) is 0. The number of benzene rings is 9.